The van der Waals surface area contributed by atoms with E-state index in [1.54, 1.807) is 0 Å². The Bertz CT molecular complexity index is 1620. The molecule has 0 aliphatic heterocycles. The van der Waals surface area contributed by atoms with Gasteiger partial charge in [-0.2, -0.15) is 0 Å². The first-order valence-corrected chi connectivity index (χ1v) is 39.8. The van der Waals surface area contributed by atoms with Crippen LogP contribution in [-0.4, -0.2) is 70.0 Å². The number of unbranched alkanes of at least 4 members (excludes halogenated alkanes) is 50. The zero-order valence-electron chi connectivity index (χ0n) is 59.2. The quantitative estimate of drug-likeness (QED) is 0.0195. The van der Waals surface area contributed by atoms with Gasteiger partial charge in [-0.05, 0) is 77.0 Å². The second-order valence-corrected chi connectivity index (χ2v) is 28.8. The first-order valence-electron chi connectivity index (χ1n) is 38.3. The Balaban J connectivity index is 3.94. The number of hydrogen-bond donors (Lipinski definition) is 0. The Morgan fingerprint density at radius 1 is 0.352 bits per heavy atom. The first-order chi connectivity index (χ1) is 43.0. The van der Waals surface area contributed by atoms with E-state index < -0.39 is 26.5 Å². The van der Waals surface area contributed by atoms with Crippen molar-refractivity contribution >= 4 is 19.8 Å². The molecule has 9 nitrogen and oxygen atoms in total. The van der Waals surface area contributed by atoms with Crippen LogP contribution in [0.2, 0.25) is 0 Å². The van der Waals surface area contributed by atoms with Crippen molar-refractivity contribution in [2.75, 3.05) is 47.5 Å². The van der Waals surface area contributed by atoms with Crippen LogP contribution in [0, 0.1) is 0 Å². The van der Waals surface area contributed by atoms with Crippen molar-refractivity contribution in [3.05, 3.63) is 48.6 Å². The highest BCUT2D eigenvalue weighted by atomic mass is 31.2. The summed E-state index contributed by atoms with van der Waals surface area (Å²) in [5.41, 5.74) is 0. The van der Waals surface area contributed by atoms with Crippen LogP contribution in [0.4, 0.5) is 0 Å². The highest BCUT2D eigenvalue weighted by Gasteiger charge is 2.22. The van der Waals surface area contributed by atoms with E-state index in [4.69, 9.17) is 18.5 Å². The van der Waals surface area contributed by atoms with Crippen LogP contribution in [0.15, 0.2) is 48.6 Å². The molecule has 2 atom stereocenters. The molecule has 0 aromatic carbocycles. The van der Waals surface area contributed by atoms with Gasteiger partial charge in [-0.25, -0.2) is 0 Å². The summed E-state index contributed by atoms with van der Waals surface area (Å²) < 4.78 is 34.4. The Morgan fingerprint density at radius 2 is 0.614 bits per heavy atom. The predicted octanol–water partition coefficient (Wildman–Crippen LogP) is 24.5. The normalized spacial score (nSPS) is 13.3. The van der Waals surface area contributed by atoms with E-state index in [-0.39, 0.29) is 32.0 Å². The molecule has 0 rings (SSSR count). The van der Waals surface area contributed by atoms with Gasteiger partial charge in [0, 0.05) is 12.8 Å². The van der Waals surface area contributed by atoms with Gasteiger partial charge in [-0.15, -0.1) is 0 Å². The minimum Gasteiger partial charge on any atom is -0.756 e. The zero-order valence-corrected chi connectivity index (χ0v) is 60.1. The summed E-state index contributed by atoms with van der Waals surface area (Å²) in [6, 6.07) is 0. The lowest BCUT2D eigenvalue weighted by molar-refractivity contribution is -0.870. The molecule has 0 fully saturated rings. The third-order valence-electron chi connectivity index (χ3n) is 17.3. The smallest absolute Gasteiger partial charge is 0.306 e. The second kappa shape index (κ2) is 69.3. The molecule has 0 saturated carbocycles. The Labute approximate surface area is 547 Å². The maximum Gasteiger partial charge on any atom is 0.306 e. The number of phosphoric ester groups is 1. The molecular weight excluding hydrogens is 1110 g/mol. The number of quaternary nitrogens is 1. The molecule has 2 unspecified atom stereocenters. The van der Waals surface area contributed by atoms with Gasteiger partial charge in [0.15, 0.2) is 6.10 Å². The van der Waals surface area contributed by atoms with E-state index in [1.807, 2.05) is 21.1 Å². The summed E-state index contributed by atoms with van der Waals surface area (Å²) in [6.45, 7) is 4.29. The number of ether oxygens (including phenoxy) is 2. The number of allylic oxidation sites excluding steroid dienone is 8. The van der Waals surface area contributed by atoms with E-state index in [2.05, 4.69) is 62.5 Å². The number of nitrogens with zero attached hydrogens (tertiary/aromatic N) is 1. The van der Waals surface area contributed by atoms with E-state index >= 15 is 0 Å². The van der Waals surface area contributed by atoms with E-state index in [9.17, 15) is 19.0 Å². The largest absolute Gasteiger partial charge is 0.756 e. The average Bonchev–Trinajstić information content (AvgIpc) is 3.57. The minimum absolute atomic E-state index is 0.0283. The lowest BCUT2D eigenvalue weighted by atomic mass is 10.0. The van der Waals surface area contributed by atoms with E-state index in [0.717, 1.165) is 44.9 Å². The zero-order chi connectivity index (χ0) is 64.1. The van der Waals surface area contributed by atoms with Crippen LogP contribution >= 0.6 is 7.82 Å². The number of phosphoric acid groups is 1. The van der Waals surface area contributed by atoms with Crippen molar-refractivity contribution in [2.24, 2.45) is 0 Å². The molecule has 0 aromatic heterocycles. The number of hydrogen-bond acceptors (Lipinski definition) is 8. The fraction of sp³-hybridized carbons (Fsp3) is 0.872. The lowest BCUT2D eigenvalue weighted by Gasteiger charge is -2.28. The number of carbonyl (C=O) groups is 2. The summed E-state index contributed by atoms with van der Waals surface area (Å²) in [5.74, 6) is -0.811. The number of carbonyl (C=O) groups excluding carboxylic acids is 2. The van der Waals surface area contributed by atoms with Gasteiger partial charge in [0.25, 0.3) is 7.82 Å². The van der Waals surface area contributed by atoms with Crippen molar-refractivity contribution in [1.29, 1.82) is 0 Å². The number of esters is 2. The van der Waals surface area contributed by atoms with Crippen molar-refractivity contribution < 1.29 is 42.1 Å². The maximum atomic E-state index is 12.9. The second-order valence-electron chi connectivity index (χ2n) is 27.4. The summed E-state index contributed by atoms with van der Waals surface area (Å²) in [5, 5.41) is 0. The summed E-state index contributed by atoms with van der Waals surface area (Å²) in [4.78, 5) is 38.1. The van der Waals surface area contributed by atoms with Crippen molar-refractivity contribution in [2.45, 2.75) is 392 Å². The summed E-state index contributed by atoms with van der Waals surface area (Å²) >= 11 is 0. The van der Waals surface area contributed by atoms with Gasteiger partial charge in [0.2, 0.25) is 0 Å². The molecule has 0 saturated heterocycles. The van der Waals surface area contributed by atoms with Crippen LogP contribution < -0.4 is 4.89 Å². The van der Waals surface area contributed by atoms with E-state index in [0.29, 0.717) is 17.4 Å². The molecule has 88 heavy (non-hydrogen) atoms. The molecule has 0 aliphatic rings. The number of likely N-dealkylation sites (N-methyl/N-ethyl adjacent to an activating group) is 1. The van der Waals surface area contributed by atoms with Crippen LogP contribution in [0.25, 0.3) is 0 Å². The predicted molar refractivity (Wildman–Crippen MR) is 379 cm³/mol. The van der Waals surface area contributed by atoms with Crippen LogP contribution in [-0.2, 0) is 32.7 Å². The third-order valence-corrected chi connectivity index (χ3v) is 18.3. The molecule has 0 bridgehead atoms. The number of rotatable bonds is 72. The fourth-order valence-electron chi connectivity index (χ4n) is 11.4. The van der Waals surface area contributed by atoms with Crippen molar-refractivity contribution in [1.82, 2.24) is 0 Å². The van der Waals surface area contributed by atoms with Gasteiger partial charge < -0.3 is 27.9 Å². The molecule has 518 valence electrons. The standard InChI is InChI=1S/C78H148NO8P/c1-6-8-10-12-14-16-18-20-22-24-26-28-30-32-34-36-37-38-39-40-41-43-45-47-49-51-53-55-57-59-61-63-65-67-69-71-78(81)87-76(75-86-88(82,83)85-73-72-79(3,4)5)74-84-77(80)70-68-66-64-62-60-58-56-54-52-50-48-46-44-42-35-33-31-29-27-25-23-21-19-17-15-13-11-9-7-2/h18-21,24-27,76H,6-17,22-23,28-75H2,1-5H3/b20-18-,21-19-,26-24-,27-25-. The monoisotopic (exact) mass is 1260 g/mol. The minimum atomic E-state index is -4.64. The Kier molecular flexibility index (Phi) is 67.7. The fourth-order valence-corrected chi connectivity index (χ4v) is 12.2. The highest BCUT2D eigenvalue weighted by Crippen LogP contribution is 2.38. The topological polar surface area (TPSA) is 111 Å². The van der Waals surface area contributed by atoms with Gasteiger partial charge >= 0.3 is 11.9 Å². The highest BCUT2D eigenvalue weighted by molar-refractivity contribution is 7.45. The van der Waals surface area contributed by atoms with Gasteiger partial charge in [-0.3, -0.25) is 14.2 Å². The molecule has 0 amide bonds. The molecule has 0 heterocycles. The molecule has 0 N–H and O–H groups in total. The SMILES string of the molecule is CCCCCCC/C=C\C/C=C\CCCCCCCCCCCCCCCCCCCCCCCCCC(=O)OC(COC(=O)CCCCCCCCCCCCCCCCCCC/C=C\C/C=C\CCCCCCC)COP(=O)([O-])OCC[N+](C)(C)C. The van der Waals surface area contributed by atoms with Crippen molar-refractivity contribution in [3.8, 4) is 0 Å². The third kappa shape index (κ3) is 73.0. The van der Waals surface area contributed by atoms with E-state index in [1.165, 1.54) is 308 Å². The first kappa shape index (κ1) is 86.0. The molecule has 0 spiro atoms. The summed E-state index contributed by atoms with van der Waals surface area (Å²) in [6.07, 6.45) is 90.8. The van der Waals surface area contributed by atoms with Crippen LogP contribution in [0.1, 0.15) is 386 Å². The lowest BCUT2D eigenvalue weighted by Crippen LogP contribution is -2.37. The molecule has 0 aromatic rings. The average molecular weight is 1260 g/mol. The van der Waals surface area contributed by atoms with Crippen LogP contribution in [0.5, 0.6) is 0 Å². The molecular formula is C78H148NO8P. The van der Waals surface area contributed by atoms with Crippen LogP contribution in [0.3, 0.4) is 0 Å². The molecule has 0 aliphatic carbocycles. The Hall–Kier alpha value is -2.03. The maximum absolute atomic E-state index is 12.9. The summed E-state index contributed by atoms with van der Waals surface area (Å²) in [7, 11) is 1.19. The Morgan fingerprint density at radius 3 is 0.898 bits per heavy atom. The molecule has 10 heteroatoms. The van der Waals surface area contributed by atoms with Gasteiger partial charge in [0.05, 0.1) is 27.7 Å². The molecule has 0 radical (unpaired) electrons. The van der Waals surface area contributed by atoms with Gasteiger partial charge in [0.1, 0.15) is 19.8 Å². The van der Waals surface area contributed by atoms with Crippen molar-refractivity contribution in [3.63, 3.8) is 0 Å². The van der Waals surface area contributed by atoms with Gasteiger partial charge in [-0.1, -0.05) is 345 Å².